The van der Waals surface area contributed by atoms with Crippen molar-refractivity contribution in [2.45, 2.75) is 6.04 Å². The van der Waals surface area contributed by atoms with Crippen molar-refractivity contribution in [2.75, 3.05) is 57.8 Å². The van der Waals surface area contributed by atoms with Gasteiger partial charge in [-0.3, -0.25) is 19.4 Å². The lowest BCUT2D eigenvalue weighted by molar-refractivity contribution is -0.142. The minimum atomic E-state index is -0.251. The molecule has 4 rings (SSSR count). The molecule has 1 N–H and O–H groups in total. The fourth-order valence-corrected chi connectivity index (χ4v) is 3.86. The molecule has 8 heteroatoms. The van der Waals surface area contributed by atoms with Gasteiger partial charge in [-0.15, -0.1) is 0 Å². The third-order valence-corrected chi connectivity index (χ3v) is 5.42. The van der Waals surface area contributed by atoms with Gasteiger partial charge in [-0.25, -0.2) is 4.79 Å². The summed E-state index contributed by atoms with van der Waals surface area (Å²) in [5.41, 5.74) is 1.27. The van der Waals surface area contributed by atoms with Gasteiger partial charge in [0.05, 0.1) is 0 Å². The number of likely N-dealkylation sites (N-methyl/N-ethyl adjacent to an activating group) is 1. The van der Waals surface area contributed by atoms with E-state index in [2.05, 4.69) is 10.2 Å². The Bertz CT molecular complexity index is 752. The molecule has 3 heterocycles. The second-order valence-corrected chi connectivity index (χ2v) is 7.00. The van der Waals surface area contributed by atoms with Gasteiger partial charge in [0.1, 0.15) is 6.04 Å². The van der Waals surface area contributed by atoms with Crippen LogP contribution in [0, 0.1) is 0 Å². The summed E-state index contributed by atoms with van der Waals surface area (Å²) in [6.45, 7) is 4.54. The van der Waals surface area contributed by atoms with Gasteiger partial charge in [-0.05, 0) is 18.2 Å². The van der Waals surface area contributed by atoms with Gasteiger partial charge >= 0.3 is 6.03 Å². The summed E-state index contributed by atoms with van der Waals surface area (Å²) in [6.07, 6.45) is 0. The van der Waals surface area contributed by atoms with Crippen LogP contribution in [0.2, 0.25) is 0 Å². The Hall–Kier alpha value is -2.61. The smallest absolute Gasteiger partial charge is 0.321 e. The number of carbonyl (C=O) groups is 3. The van der Waals surface area contributed by atoms with E-state index in [1.807, 2.05) is 13.1 Å². The summed E-state index contributed by atoms with van der Waals surface area (Å²) < 4.78 is 0. The molecule has 0 spiro atoms. The summed E-state index contributed by atoms with van der Waals surface area (Å²) in [4.78, 5) is 44.5. The monoisotopic (exact) mass is 357 g/mol. The van der Waals surface area contributed by atoms with Gasteiger partial charge in [0.15, 0.2) is 0 Å². The van der Waals surface area contributed by atoms with Crippen molar-refractivity contribution in [1.29, 1.82) is 0 Å². The number of hydrogen-bond donors (Lipinski definition) is 1. The van der Waals surface area contributed by atoms with E-state index < -0.39 is 0 Å². The van der Waals surface area contributed by atoms with Gasteiger partial charge < -0.3 is 15.1 Å². The summed E-state index contributed by atoms with van der Waals surface area (Å²) in [6, 6.07) is 6.76. The number of amides is 4. The molecule has 3 fully saturated rings. The van der Waals surface area contributed by atoms with Crippen molar-refractivity contribution in [1.82, 2.24) is 20.0 Å². The third kappa shape index (κ3) is 2.90. The molecule has 138 valence electrons. The normalized spacial score (nSPS) is 23.9. The van der Waals surface area contributed by atoms with Crippen molar-refractivity contribution in [3.8, 4) is 0 Å². The van der Waals surface area contributed by atoms with Crippen LogP contribution in [0.4, 0.5) is 10.5 Å². The molecule has 1 aromatic carbocycles. The highest BCUT2D eigenvalue weighted by atomic mass is 16.2. The van der Waals surface area contributed by atoms with Gasteiger partial charge in [-0.2, -0.15) is 0 Å². The van der Waals surface area contributed by atoms with Gasteiger partial charge in [0.25, 0.3) is 5.91 Å². The van der Waals surface area contributed by atoms with Crippen molar-refractivity contribution < 1.29 is 14.4 Å². The fraction of sp³-hybridized carbons (Fsp3) is 0.500. The topological polar surface area (TPSA) is 76.2 Å². The van der Waals surface area contributed by atoms with Crippen LogP contribution >= 0.6 is 0 Å². The maximum absolute atomic E-state index is 13.0. The standard InChI is InChI=1S/C18H23N5O3/c1-20-7-8-21-9-10-22(12-15(21)17(20)25)16(24)13-3-2-4-14(11-13)23-6-5-19-18(23)26/h2-4,11,15H,5-10,12H2,1H3,(H,19,26)/t15-/m0/s1. The minimum Gasteiger partial charge on any atom is -0.343 e. The summed E-state index contributed by atoms with van der Waals surface area (Å²) >= 11 is 0. The predicted octanol–water partition coefficient (Wildman–Crippen LogP) is -0.185. The molecule has 1 atom stereocenters. The highest BCUT2D eigenvalue weighted by Gasteiger charge is 2.38. The molecule has 3 aliphatic rings. The SMILES string of the molecule is CN1CCN2CCN(C(=O)c3cccc(N4CCNC4=O)c3)C[C@H]2C1=O. The molecule has 1 aromatic rings. The molecular formula is C18H23N5O3. The Morgan fingerprint density at radius 3 is 2.69 bits per heavy atom. The lowest BCUT2D eigenvalue weighted by Crippen LogP contribution is -2.64. The number of nitrogens with zero attached hydrogens (tertiary/aromatic N) is 4. The lowest BCUT2D eigenvalue weighted by atomic mass is 10.1. The molecule has 8 nitrogen and oxygen atoms in total. The number of rotatable bonds is 2. The predicted molar refractivity (Wildman–Crippen MR) is 96.1 cm³/mol. The molecule has 0 aromatic heterocycles. The van der Waals surface area contributed by atoms with Crippen molar-refractivity contribution >= 4 is 23.5 Å². The molecule has 0 bridgehead atoms. The number of urea groups is 1. The third-order valence-electron chi connectivity index (χ3n) is 5.42. The summed E-state index contributed by atoms with van der Waals surface area (Å²) in [5.74, 6) is -0.0108. The number of hydrogen-bond acceptors (Lipinski definition) is 4. The second-order valence-electron chi connectivity index (χ2n) is 7.00. The Morgan fingerprint density at radius 2 is 1.92 bits per heavy atom. The van der Waals surface area contributed by atoms with E-state index in [-0.39, 0.29) is 23.9 Å². The van der Waals surface area contributed by atoms with E-state index in [1.165, 1.54) is 0 Å². The fourth-order valence-electron chi connectivity index (χ4n) is 3.86. The Morgan fingerprint density at radius 1 is 1.12 bits per heavy atom. The first kappa shape index (κ1) is 16.8. The van der Waals surface area contributed by atoms with E-state index in [0.29, 0.717) is 38.3 Å². The van der Waals surface area contributed by atoms with E-state index in [0.717, 1.165) is 18.8 Å². The van der Waals surface area contributed by atoms with E-state index in [1.54, 1.807) is 32.9 Å². The number of anilines is 1. The molecule has 26 heavy (non-hydrogen) atoms. The maximum Gasteiger partial charge on any atom is 0.321 e. The van der Waals surface area contributed by atoms with E-state index in [9.17, 15) is 14.4 Å². The van der Waals surface area contributed by atoms with Crippen LogP contribution in [0.1, 0.15) is 10.4 Å². The van der Waals surface area contributed by atoms with Gasteiger partial charge in [-0.1, -0.05) is 6.07 Å². The molecule has 3 saturated heterocycles. The largest absolute Gasteiger partial charge is 0.343 e. The highest BCUT2D eigenvalue weighted by molar-refractivity contribution is 5.99. The number of nitrogens with one attached hydrogen (secondary N) is 1. The van der Waals surface area contributed by atoms with Crippen LogP contribution in [0.25, 0.3) is 0 Å². The average molecular weight is 357 g/mol. The van der Waals surface area contributed by atoms with Crippen LogP contribution in [-0.2, 0) is 4.79 Å². The van der Waals surface area contributed by atoms with Crippen molar-refractivity contribution in [2.24, 2.45) is 0 Å². The number of fused-ring (bicyclic) bond motifs is 1. The molecule has 4 amide bonds. The zero-order valence-corrected chi connectivity index (χ0v) is 14.9. The zero-order valence-electron chi connectivity index (χ0n) is 14.9. The number of carbonyl (C=O) groups excluding carboxylic acids is 3. The minimum absolute atomic E-state index is 0.0799. The molecule has 3 aliphatic heterocycles. The van der Waals surface area contributed by atoms with Crippen LogP contribution in [0.5, 0.6) is 0 Å². The first-order valence-corrected chi connectivity index (χ1v) is 8.98. The van der Waals surface area contributed by atoms with Crippen LogP contribution < -0.4 is 10.2 Å². The van der Waals surface area contributed by atoms with E-state index >= 15 is 0 Å². The average Bonchev–Trinajstić information content (AvgIpc) is 3.10. The second kappa shape index (κ2) is 6.60. The molecule has 0 unspecified atom stereocenters. The van der Waals surface area contributed by atoms with Crippen LogP contribution in [0.15, 0.2) is 24.3 Å². The van der Waals surface area contributed by atoms with E-state index in [4.69, 9.17) is 0 Å². The van der Waals surface area contributed by atoms with Crippen LogP contribution in [0.3, 0.4) is 0 Å². The van der Waals surface area contributed by atoms with Crippen molar-refractivity contribution in [3.63, 3.8) is 0 Å². The number of piperazine rings is 2. The molecular weight excluding hydrogens is 334 g/mol. The Kier molecular flexibility index (Phi) is 4.28. The van der Waals surface area contributed by atoms with Crippen LogP contribution in [-0.4, -0.2) is 91.4 Å². The maximum atomic E-state index is 13.0. The Labute approximate surface area is 152 Å². The van der Waals surface area contributed by atoms with Gasteiger partial charge in [0.2, 0.25) is 5.91 Å². The summed E-state index contributed by atoms with van der Waals surface area (Å²) in [5, 5.41) is 2.76. The van der Waals surface area contributed by atoms with Gasteiger partial charge in [0, 0.05) is 64.1 Å². The zero-order chi connectivity index (χ0) is 18.3. The van der Waals surface area contributed by atoms with Crippen molar-refractivity contribution in [3.05, 3.63) is 29.8 Å². The first-order valence-electron chi connectivity index (χ1n) is 8.98. The lowest BCUT2D eigenvalue weighted by Gasteiger charge is -2.45. The summed E-state index contributed by atoms with van der Waals surface area (Å²) in [7, 11) is 1.81. The Balaban J connectivity index is 1.51. The molecule has 0 aliphatic carbocycles. The molecule has 0 saturated carbocycles. The number of benzene rings is 1. The first-order chi connectivity index (χ1) is 12.5. The molecule has 0 radical (unpaired) electrons. The highest BCUT2D eigenvalue weighted by Crippen LogP contribution is 2.21. The quantitative estimate of drug-likeness (QED) is 0.796.